The summed E-state index contributed by atoms with van der Waals surface area (Å²) in [5.41, 5.74) is 6.14. The lowest BCUT2D eigenvalue weighted by Gasteiger charge is -2.23. The van der Waals surface area contributed by atoms with Crippen molar-refractivity contribution in [1.29, 1.82) is 0 Å². The van der Waals surface area contributed by atoms with Crippen LogP contribution in [-0.2, 0) is 0 Å². The summed E-state index contributed by atoms with van der Waals surface area (Å²) >= 11 is 0. The second kappa shape index (κ2) is 13.7. The summed E-state index contributed by atoms with van der Waals surface area (Å²) in [6.45, 7) is 9.72. The molecule has 0 fully saturated rings. The average molecular weight is 269 g/mol. The van der Waals surface area contributed by atoms with E-state index in [0.717, 1.165) is 32.0 Å². The van der Waals surface area contributed by atoms with E-state index in [0.29, 0.717) is 0 Å². The van der Waals surface area contributed by atoms with Crippen LogP contribution >= 0.6 is 0 Å². The molecule has 3 nitrogen and oxygen atoms in total. The molecule has 0 aromatic carbocycles. The van der Waals surface area contributed by atoms with Crippen LogP contribution < -0.4 is 5.73 Å². The maximum absolute atomic E-state index is 6.14. The Labute approximate surface area is 120 Å². The van der Waals surface area contributed by atoms with Gasteiger partial charge in [-0.3, -0.25) is 4.99 Å². The van der Waals surface area contributed by atoms with Gasteiger partial charge < -0.3 is 10.6 Å². The normalized spacial score (nSPS) is 11.8. The zero-order valence-corrected chi connectivity index (χ0v) is 13.5. The minimum absolute atomic E-state index is 0.767. The third-order valence-electron chi connectivity index (χ3n) is 3.42. The number of hydrogen-bond acceptors (Lipinski definition) is 1. The predicted molar refractivity (Wildman–Crippen MR) is 86.6 cm³/mol. The van der Waals surface area contributed by atoms with Crippen molar-refractivity contribution in [1.82, 2.24) is 4.90 Å². The molecule has 0 spiro atoms. The number of nitrogens with two attached hydrogens (primary N) is 1. The van der Waals surface area contributed by atoms with Gasteiger partial charge in [-0.05, 0) is 19.3 Å². The van der Waals surface area contributed by atoms with E-state index in [1.165, 1.54) is 51.4 Å². The molecule has 19 heavy (non-hydrogen) atoms. The molecule has 0 atom stereocenters. The van der Waals surface area contributed by atoms with Gasteiger partial charge in [0.25, 0.3) is 0 Å². The van der Waals surface area contributed by atoms with Gasteiger partial charge in [0.15, 0.2) is 5.96 Å². The first-order chi connectivity index (χ1) is 9.26. The highest BCUT2D eigenvalue weighted by molar-refractivity contribution is 5.78. The lowest BCUT2D eigenvalue weighted by atomic mass is 10.2. The smallest absolute Gasteiger partial charge is 0.191 e. The minimum atomic E-state index is 0.767. The number of hydrogen-bond donors (Lipinski definition) is 1. The van der Waals surface area contributed by atoms with Crippen molar-refractivity contribution in [2.24, 2.45) is 10.7 Å². The molecule has 0 aliphatic carbocycles. The maximum atomic E-state index is 6.14. The largest absolute Gasteiger partial charge is 0.370 e. The number of unbranched alkanes of at least 4 members (excludes halogenated alkanes) is 6. The van der Waals surface area contributed by atoms with Crippen molar-refractivity contribution in [3.63, 3.8) is 0 Å². The maximum Gasteiger partial charge on any atom is 0.191 e. The van der Waals surface area contributed by atoms with Gasteiger partial charge in [-0.2, -0.15) is 0 Å². The SMILES string of the molecule is CCCCCN=C(N)N(CCCCC)CCCCC. The Balaban J connectivity index is 4.10. The molecule has 0 aromatic rings. The van der Waals surface area contributed by atoms with Gasteiger partial charge in [0.05, 0.1) is 0 Å². The molecule has 3 heteroatoms. The van der Waals surface area contributed by atoms with E-state index >= 15 is 0 Å². The Bertz CT molecular complexity index is 204. The van der Waals surface area contributed by atoms with Crippen LogP contribution in [0.3, 0.4) is 0 Å². The van der Waals surface area contributed by atoms with Crippen LogP contribution in [0.1, 0.15) is 78.6 Å². The van der Waals surface area contributed by atoms with Gasteiger partial charge in [0, 0.05) is 19.6 Å². The molecule has 0 saturated carbocycles. The summed E-state index contributed by atoms with van der Waals surface area (Å²) < 4.78 is 0. The molecule has 0 aromatic heterocycles. The Hall–Kier alpha value is -0.730. The van der Waals surface area contributed by atoms with Crippen LogP contribution in [0.2, 0.25) is 0 Å². The molecule has 0 bridgehead atoms. The quantitative estimate of drug-likeness (QED) is 0.328. The van der Waals surface area contributed by atoms with Crippen molar-refractivity contribution in [2.45, 2.75) is 78.6 Å². The standard InChI is InChI=1S/C16H35N3/c1-4-7-10-13-18-16(17)19(14-11-8-5-2)15-12-9-6-3/h4-15H2,1-3H3,(H2,17,18). The molecule has 0 amide bonds. The highest BCUT2D eigenvalue weighted by Crippen LogP contribution is 2.03. The average Bonchev–Trinajstić information content (AvgIpc) is 2.42. The van der Waals surface area contributed by atoms with Gasteiger partial charge in [-0.15, -0.1) is 0 Å². The summed E-state index contributed by atoms with van der Waals surface area (Å²) in [7, 11) is 0. The van der Waals surface area contributed by atoms with E-state index in [-0.39, 0.29) is 0 Å². The first-order valence-electron chi connectivity index (χ1n) is 8.31. The van der Waals surface area contributed by atoms with E-state index in [1.54, 1.807) is 0 Å². The fourth-order valence-corrected chi connectivity index (χ4v) is 2.10. The molecule has 0 unspecified atom stereocenters. The fourth-order valence-electron chi connectivity index (χ4n) is 2.10. The van der Waals surface area contributed by atoms with Gasteiger partial charge in [0.2, 0.25) is 0 Å². The minimum Gasteiger partial charge on any atom is -0.370 e. The second-order valence-corrected chi connectivity index (χ2v) is 5.35. The molecule has 2 N–H and O–H groups in total. The molecular formula is C16H35N3. The molecule has 0 saturated heterocycles. The number of rotatable bonds is 12. The molecular weight excluding hydrogens is 234 g/mol. The van der Waals surface area contributed by atoms with Crippen LogP contribution in [-0.4, -0.2) is 30.5 Å². The summed E-state index contributed by atoms with van der Waals surface area (Å²) in [5, 5.41) is 0. The van der Waals surface area contributed by atoms with Gasteiger partial charge in [0.1, 0.15) is 0 Å². The Kier molecular flexibility index (Phi) is 13.2. The van der Waals surface area contributed by atoms with Crippen molar-refractivity contribution in [3.05, 3.63) is 0 Å². The van der Waals surface area contributed by atoms with Crippen LogP contribution in [0, 0.1) is 0 Å². The molecule has 0 rings (SSSR count). The van der Waals surface area contributed by atoms with Gasteiger partial charge in [-0.25, -0.2) is 0 Å². The first-order valence-corrected chi connectivity index (χ1v) is 8.31. The fraction of sp³-hybridized carbons (Fsp3) is 0.938. The van der Waals surface area contributed by atoms with Gasteiger partial charge in [-0.1, -0.05) is 59.3 Å². The van der Waals surface area contributed by atoms with Crippen LogP contribution in [0.25, 0.3) is 0 Å². The summed E-state index contributed by atoms with van der Waals surface area (Å²) in [6.07, 6.45) is 11.2. The van der Waals surface area contributed by atoms with Crippen LogP contribution in [0.15, 0.2) is 4.99 Å². The predicted octanol–water partition coefficient (Wildman–Crippen LogP) is 4.17. The van der Waals surface area contributed by atoms with Crippen molar-refractivity contribution >= 4 is 5.96 Å². The topological polar surface area (TPSA) is 41.6 Å². The zero-order chi connectivity index (χ0) is 14.3. The lowest BCUT2D eigenvalue weighted by Crippen LogP contribution is -2.39. The van der Waals surface area contributed by atoms with E-state index in [9.17, 15) is 0 Å². The number of guanidine groups is 1. The molecule has 0 aliphatic heterocycles. The number of nitrogens with zero attached hydrogens (tertiary/aromatic N) is 2. The van der Waals surface area contributed by atoms with E-state index < -0.39 is 0 Å². The van der Waals surface area contributed by atoms with E-state index in [4.69, 9.17) is 5.73 Å². The molecule has 114 valence electrons. The highest BCUT2D eigenvalue weighted by Gasteiger charge is 2.06. The Morgan fingerprint density at radius 3 is 1.74 bits per heavy atom. The monoisotopic (exact) mass is 269 g/mol. The first kappa shape index (κ1) is 18.3. The Morgan fingerprint density at radius 2 is 1.26 bits per heavy atom. The zero-order valence-electron chi connectivity index (χ0n) is 13.5. The van der Waals surface area contributed by atoms with Crippen molar-refractivity contribution in [2.75, 3.05) is 19.6 Å². The molecule has 0 radical (unpaired) electrons. The van der Waals surface area contributed by atoms with Gasteiger partial charge >= 0.3 is 0 Å². The van der Waals surface area contributed by atoms with E-state index in [2.05, 4.69) is 30.7 Å². The third-order valence-corrected chi connectivity index (χ3v) is 3.42. The van der Waals surface area contributed by atoms with E-state index in [1.807, 2.05) is 0 Å². The second-order valence-electron chi connectivity index (χ2n) is 5.35. The van der Waals surface area contributed by atoms with Crippen molar-refractivity contribution < 1.29 is 0 Å². The molecule has 0 aliphatic rings. The van der Waals surface area contributed by atoms with Crippen LogP contribution in [0.5, 0.6) is 0 Å². The Morgan fingerprint density at radius 1 is 0.789 bits per heavy atom. The summed E-state index contributed by atoms with van der Waals surface area (Å²) in [4.78, 5) is 6.83. The summed E-state index contributed by atoms with van der Waals surface area (Å²) in [6, 6.07) is 0. The number of aliphatic imine (C=N–C) groups is 1. The van der Waals surface area contributed by atoms with Crippen LogP contribution in [0.4, 0.5) is 0 Å². The molecule has 0 heterocycles. The lowest BCUT2D eigenvalue weighted by molar-refractivity contribution is 0.385. The highest BCUT2D eigenvalue weighted by atomic mass is 15.2. The summed E-state index contributed by atoms with van der Waals surface area (Å²) in [5.74, 6) is 0.767. The third kappa shape index (κ3) is 10.8. The van der Waals surface area contributed by atoms with Crippen molar-refractivity contribution in [3.8, 4) is 0 Å².